The van der Waals surface area contributed by atoms with Crippen LogP contribution < -0.4 is 19.5 Å². The van der Waals surface area contributed by atoms with Crippen molar-refractivity contribution in [2.45, 2.75) is 0 Å². The van der Waals surface area contributed by atoms with E-state index in [4.69, 9.17) is 14.2 Å². The third-order valence-electron chi connectivity index (χ3n) is 3.20. The molecular formula is C18H19NO4. The maximum atomic E-state index is 12.1. The molecule has 0 atom stereocenters. The van der Waals surface area contributed by atoms with Gasteiger partial charge in [-0.2, -0.15) is 0 Å². The molecule has 120 valence electrons. The fraction of sp³-hybridized carbons (Fsp3) is 0.167. The lowest BCUT2D eigenvalue weighted by Gasteiger charge is -2.09. The summed E-state index contributed by atoms with van der Waals surface area (Å²) in [6, 6.07) is 12.6. The molecule has 23 heavy (non-hydrogen) atoms. The van der Waals surface area contributed by atoms with Gasteiger partial charge in [-0.15, -0.1) is 0 Å². The second kappa shape index (κ2) is 7.89. The van der Waals surface area contributed by atoms with Crippen LogP contribution in [0.4, 0.5) is 5.69 Å². The second-order valence-corrected chi connectivity index (χ2v) is 4.63. The number of ether oxygens (including phenoxy) is 3. The van der Waals surface area contributed by atoms with Crippen LogP contribution in [0.15, 0.2) is 48.5 Å². The Morgan fingerprint density at radius 3 is 2.22 bits per heavy atom. The number of methoxy groups -OCH3 is 3. The Bertz CT molecular complexity index is 688. The van der Waals surface area contributed by atoms with E-state index in [9.17, 15) is 4.79 Å². The Hall–Kier alpha value is -2.95. The van der Waals surface area contributed by atoms with E-state index in [1.54, 1.807) is 45.6 Å². The molecule has 2 rings (SSSR count). The molecule has 2 aromatic rings. The predicted molar refractivity (Wildman–Crippen MR) is 90.2 cm³/mol. The Labute approximate surface area is 135 Å². The zero-order valence-corrected chi connectivity index (χ0v) is 13.3. The van der Waals surface area contributed by atoms with Crippen molar-refractivity contribution in [3.8, 4) is 17.2 Å². The molecular weight excluding hydrogens is 294 g/mol. The smallest absolute Gasteiger partial charge is 0.248 e. The zero-order valence-electron chi connectivity index (χ0n) is 13.3. The summed E-state index contributed by atoms with van der Waals surface area (Å²) < 4.78 is 15.7. The number of carbonyl (C=O) groups is 1. The lowest BCUT2D eigenvalue weighted by molar-refractivity contribution is -0.111. The highest BCUT2D eigenvalue weighted by atomic mass is 16.5. The van der Waals surface area contributed by atoms with Crippen molar-refractivity contribution in [2.75, 3.05) is 26.6 Å². The van der Waals surface area contributed by atoms with E-state index in [1.807, 2.05) is 24.3 Å². The van der Waals surface area contributed by atoms with Gasteiger partial charge in [-0.25, -0.2) is 0 Å². The third-order valence-corrected chi connectivity index (χ3v) is 3.20. The molecule has 0 radical (unpaired) electrons. The topological polar surface area (TPSA) is 56.8 Å². The maximum absolute atomic E-state index is 12.1. The first kappa shape index (κ1) is 16.4. The number of benzene rings is 2. The van der Waals surface area contributed by atoms with Gasteiger partial charge >= 0.3 is 0 Å². The molecule has 0 aliphatic heterocycles. The van der Waals surface area contributed by atoms with Gasteiger partial charge in [0.25, 0.3) is 0 Å². The quantitative estimate of drug-likeness (QED) is 0.831. The van der Waals surface area contributed by atoms with Crippen LogP contribution in [0, 0.1) is 0 Å². The second-order valence-electron chi connectivity index (χ2n) is 4.63. The van der Waals surface area contributed by atoms with E-state index >= 15 is 0 Å². The zero-order chi connectivity index (χ0) is 16.7. The van der Waals surface area contributed by atoms with E-state index in [-0.39, 0.29) is 5.91 Å². The molecule has 5 nitrogen and oxygen atoms in total. The molecule has 0 aliphatic carbocycles. The molecule has 0 fully saturated rings. The maximum Gasteiger partial charge on any atom is 0.248 e. The fourth-order valence-corrected chi connectivity index (χ4v) is 2.09. The number of anilines is 1. The summed E-state index contributed by atoms with van der Waals surface area (Å²) in [7, 11) is 4.72. The summed E-state index contributed by atoms with van der Waals surface area (Å²) in [5, 5.41) is 2.77. The van der Waals surface area contributed by atoms with Crippen molar-refractivity contribution in [3.63, 3.8) is 0 Å². The number of hydrogen-bond acceptors (Lipinski definition) is 4. The fourth-order valence-electron chi connectivity index (χ4n) is 2.09. The van der Waals surface area contributed by atoms with Gasteiger partial charge in [0.2, 0.25) is 5.91 Å². The molecule has 0 unspecified atom stereocenters. The van der Waals surface area contributed by atoms with Crippen molar-refractivity contribution in [1.29, 1.82) is 0 Å². The van der Waals surface area contributed by atoms with Gasteiger partial charge in [0.05, 0.1) is 26.9 Å². The van der Waals surface area contributed by atoms with Crippen molar-refractivity contribution in [2.24, 2.45) is 0 Å². The standard InChI is InChI=1S/C18H19NO4/c1-21-14-7-4-6-13(12-14)19-18(20)11-10-15-16(22-2)8-5-9-17(15)23-3/h4-12H,1-3H3,(H,19,20)/b11-10+. The van der Waals surface area contributed by atoms with Gasteiger partial charge in [-0.3, -0.25) is 4.79 Å². The van der Waals surface area contributed by atoms with E-state index in [0.29, 0.717) is 28.5 Å². The minimum Gasteiger partial charge on any atom is -0.497 e. The van der Waals surface area contributed by atoms with Gasteiger partial charge in [-0.1, -0.05) is 12.1 Å². The molecule has 2 aromatic carbocycles. The van der Waals surface area contributed by atoms with Crippen molar-refractivity contribution in [1.82, 2.24) is 0 Å². The molecule has 0 heterocycles. The van der Waals surface area contributed by atoms with Gasteiger partial charge in [0.1, 0.15) is 17.2 Å². The highest BCUT2D eigenvalue weighted by molar-refractivity contribution is 6.02. The Morgan fingerprint density at radius 1 is 0.957 bits per heavy atom. The molecule has 0 saturated carbocycles. The monoisotopic (exact) mass is 313 g/mol. The Balaban J connectivity index is 2.15. The van der Waals surface area contributed by atoms with Crippen molar-refractivity contribution < 1.29 is 19.0 Å². The van der Waals surface area contributed by atoms with Crippen LogP contribution >= 0.6 is 0 Å². The van der Waals surface area contributed by atoms with E-state index in [2.05, 4.69) is 5.32 Å². The number of nitrogens with one attached hydrogen (secondary N) is 1. The van der Waals surface area contributed by atoms with Crippen LogP contribution in [-0.4, -0.2) is 27.2 Å². The summed E-state index contributed by atoms with van der Waals surface area (Å²) >= 11 is 0. The molecule has 0 saturated heterocycles. The van der Waals surface area contributed by atoms with Crippen LogP contribution in [0.3, 0.4) is 0 Å². The van der Waals surface area contributed by atoms with Gasteiger partial charge in [0, 0.05) is 17.8 Å². The average Bonchev–Trinajstić information content (AvgIpc) is 2.59. The van der Waals surface area contributed by atoms with Crippen molar-refractivity contribution in [3.05, 3.63) is 54.1 Å². The van der Waals surface area contributed by atoms with Gasteiger partial charge in [0.15, 0.2) is 0 Å². The number of carbonyl (C=O) groups excluding carboxylic acids is 1. The van der Waals surface area contributed by atoms with Crippen LogP contribution in [-0.2, 0) is 4.79 Å². The molecule has 0 spiro atoms. The summed E-state index contributed by atoms with van der Waals surface area (Å²) in [6.45, 7) is 0. The number of rotatable bonds is 6. The van der Waals surface area contributed by atoms with Crippen LogP contribution in [0.5, 0.6) is 17.2 Å². The first-order chi connectivity index (χ1) is 11.2. The Morgan fingerprint density at radius 2 is 1.61 bits per heavy atom. The highest BCUT2D eigenvalue weighted by Gasteiger charge is 2.07. The van der Waals surface area contributed by atoms with Gasteiger partial charge in [-0.05, 0) is 30.3 Å². The summed E-state index contributed by atoms with van der Waals surface area (Å²) in [5.41, 5.74) is 1.37. The van der Waals surface area contributed by atoms with E-state index in [0.717, 1.165) is 0 Å². The first-order valence-corrected chi connectivity index (χ1v) is 7.02. The molecule has 0 bridgehead atoms. The number of amides is 1. The molecule has 5 heteroatoms. The largest absolute Gasteiger partial charge is 0.497 e. The first-order valence-electron chi connectivity index (χ1n) is 7.02. The van der Waals surface area contributed by atoms with Gasteiger partial charge < -0.3 is 19.5 Å². The average molecular weight is 313 g/mol. The molecule has 1 N–H and O–H groups in total. The summed E-state index contributed by atoms with van der Waals surface area (Å²) in [4.78, 5) is 12.1. The summed E-state index contributed by atoms with van der Waals surface area (Å²) in [5.74, 6) is 1.69. The minimum atomic E-state index is -0.258. The minimum absolute atomic E-state index is 0.258. The van der Waals surface area contributed by atoms with E-state index < -0.39 is 0 Å². The van der Waals surface area contributed by atoms with Crippen LogP contribution in [0.1, 0.15) is 5.56 Å². The predicted octanol–water partition coefficient (Wildman–Crippen LogP) is 3.36. The molecule has 1 amide bonds. The SMILES string of the molecule is COc1cccc(NC(=O)/C=C/c2c(OC)cccc2OC)c1. The molecule has 0 aliphatic rings. The molecule has 0 aromatic heterocycles. The number of hydrogen-bond donors (Lipinski definition) is 1. The lowest BCUT2D eigenvalue weighted by atomic mass is 10.1. The highest BCUT2D eigenvalue weighted by Crippen LogP contribution is 2.29. The normalized spacial score (nSPS) is 10.4. The summed E-state index contributed by atoms with van der Waals surface area (Å²) in [6.07, 6.45) is 3.09. The lowest BCUT2D eigenvalue weighted by Crippen LogP contribution is -2.07. The Kier molecular flexibility index (Phi) is 5.63. The third kappa shape index (κ3) is 4.26. The van der Waals surface area contributed by atoms with E-state index in [1.165, 1.54) is 6.08 Å². The van der Waals surface area contributed by atoms with Crippen molar-refractivity contribution >= 4 is 17.7 Å². The van der Waals surface area contributed by atoms with Crippen LogP contribution in [0.2, 0.25) is 0 Å². The van der Waals surface area contributed by atoms with Crippen LogP contribution in [0.25, 0.3) is 6.08 Å².